The van der Waals surface area contributed by atoms with Gasteiger partial charge in [-0.2, -0.15) is 5.10 Å². The summed E-state index contributed by atoms with van der Waals surface area (Å²) >= 11 is 1.60. The summed E-state index contributed by atoms with van der Waals surface area (Å²) in [5.41, 5.74) is 6.47. The van der Waals surface area contributed by atoms with E-state index in [-0.39, 0.29) is 12.6 Å². The highest BCUT2D eigenvalue weighted by molar-refractivity contribution is 7.16. The molecule has 1 atom stereocenters. The standard InChI is InChI=1S/C23H21N7OS/c31-9-8-18(15-4-2-1-3-5-15)29-20-11-22(24-12-17(20)23-25-13-27-30-23)28-16-6-7-19-21(10-16)32-14-26-19/h1-7,10-14,18,31H,8-9H2,(H2,24,28,29)(H,25,27,30)/t18-/m1/s1. The zero-order valence-electron chi connectivity index (χ0n) is 17.1. The molecule has 9 heteroatoms. The number of hydrogen-bond donors (Lipinski definition) is 4. The molecule has 3 heterocycles. The zero-order valence-corrected chi connectivity index (χ0v) is 17.9. The third-order valence-electron chi connectivity index (χ3n) is 5.13. The first kappa shape index (κ1) is 20.1. The number of aromatic amines is 1. The highest BCUT2D eigenvalue weighted by Crippen LogP contribution is 2.32. The molecule has 0 radical (unpaired) electrons. The number of benzene rings is 2. The predicted octanol–water partition coefficient (Wildman–Crippen LogP) is 4.76. The number of aliphatic hydroxyl groups is 1. The third-order valence-corrected chi connectivity index (χ3v) is 5.92. The Labute approximate surface area is 188 Å². The van der Waals surface area contributed by atoms with Crippen molar-refractivity contribution in [3.63, 3.8) is 0 Å². The second kappa shape index (κ2) is 9.13. The van der Waals surface area contributed by atoms with Crippen LogP contribution < -0.4 is 10.6 Å². The van der Waals surface area contributed by atoms with E-state index < -0.39 is 0 Å². The van der Waals surface area contributed by atoms with Crippen LogP contribution in [0.5, 0.6) is 0 Å². The SMILES string of the molecule is OCC[C@@H](Nc1cc(Nc2ccc3ncsc3c2)ncc1-c1ncn[nH]1)c1ccccc1. The zero-order chi connectivity index (χ0) is 21.8. The first-order valence-electron chi connectivity index (χ1n) is 10.2. The van der Waals surface area contributed by atoms with Crippen molar-refractivity contribution in [1.82, 2.24) is 25.1 Å². The van der Waals surface area contributed by atoms with Crippen LogP contribution in [-0.2, 0) is 0 Å². The molecule has 0 aliphatic rings. The van der Waals surface area contributed by atoms with E-state index in [1.54, 1.807) is 17.5 Å². The van der Waals surface area contributed by atoms with Crippen LogP contribution in [-0.4, -0.2) is 36.9 Å². The predicted molar refractivity (Wildman–Crippen MR) is 127 cm³/mol. The Kier molecular flexibility index (Phi) is 5.73. The lowest BCUT2D eigenvalue weighted by atomic mass is 10.0. The molecule has 160 valence electrons. The monoisotopic (exact) mass is 443 g/mol. The summed E-state index contributed by atoms with van der Waals surface area (Å²) in [5.74, 6) is 1.31. The van der Waals surface area contributed by atoms with Gasteiger partial charge in [-0.3, -0.25) is 5.10 Å². The summed E-state index contributed by atoms with van der Waals surface area (Å²) in [4.78, 5) is 13.2. The van der Waals surface area contributed by atoms with Crippen molar-refractivity contribution < 1.29 is 5.11 Å². The number of aromatic nitrogens is 5. The highest BCUT2D eigenvalue weighted by Gasteiger charge is 2.16. The Morgan fingerprint density at radius 3 is 2.75 bits per heavy atom. The van der Waals surface area contributed by atoms with Crippen LogP contribution in [0, 0.1) is 0 Å². The van der Waals surface area contributed by atoms with Gasteiger partial charge in [0.1, 0.15) is 12.1 Å². The molecule has 0 spiro atoms. The molecule has 0 saturated carbocycles. The van der Waals surface area contributed by atoms with Crippen LogP contribution in [0.15, 0.2) is 72.6 Å². The van der Waals surface area contributed by atoms with E-state index in [4.69, 9.17) is 0 Å². The molecule has 0 amide bonds. The smallest absolute Gasteiger partial charge is 0.159 e. The lowest BCUT2D eigenvalue weighted by Crippen LogP contribution is -2.13. The van der Waals surface area contributed by atoms with Gasteiger partial charge in [-0.05, 0) is 30.2 Å². The quantitative estimate of drug-likeness (QED) is 0.274. The molecular formula is C23H21N7OS. The Morgan fingerprint density at radius 1 is 1.03 bits per heavy atom. The van der Waals surface area contributed by atoms with Crippen LogP contribution in [0.1, 0.15) is 18.0 Å². The Balaban J connectivity index is 1.49. The number of thiazole rings is 1. The minimum absolute atomic E-state index is 0.0647. The van der Waals surface area contributed by atoms with Crippen molar-refractivity contribution in [3.05, 3.63) is 78.2 Å². The summed E-state index contributed by atoms with van der Waals surface area (Å²) in [7, 11) is 0. The summed E-state index contributed by atoms with van der Waals surface area (Å²) in [6.07, 6.45) is 3.79. The number of rotatable bonds is 8. The van der Waals surface area contributed by atoms with Crippen LogP contribution in [0.2, 0.25) is 0 Å². The van der Waals surface area contributed by atoms with Gasteiger partial charge in [-0.1, -0.05) is 30.3 Å². The van der Waals surface area contributed by atoms with E-state index in [1.807, 2.05) is 54.0 Å². The largest absolute Gasteiger partial charge is 0.396 e. The fraction of sp³-hybridized carbons (Fsp3) is 0.130. The van der Waals surface area contributed by atoms with Gasteiger partial charge < -0.3 is 15.7 Å². The van der Waals surface area contributed by atoms with Crippen molar-refractivity contribution in [2.45, 2.75) is 12.5 Å². The summed E-state index contributed by atoms with van der Waals surface area (Å²) < 4.78 is 1.11. The van der Waals surface area contributed by atoms with E-state index in [0.717, 1.165) is 32.7 Å². The van der Waals surface area contributed by atoms with Crippen LogP contribution >= 0.6 is 11.3 Å². The van der Waals surface area contributed by atoms with Gasteiger partial charge in [-0.15, -0.1) is 11.3 Å². The van der Waals surface area contributed by atoms with Gasteiger partial charge in [0.25, 0.3) is 0 Å². The van der Waals surface area contributed by atoms with Gasteiger partial charge in [-0.25, -0.2) is 15.0 Å². The number of H-pyrrole nitrogens is 1. The fourth-order valence-electron chi connectivity index (χ4n) is 3.57. The summed E-state index contributed by atoms with van der Waals surface area (Å²) in [6.45, 7) is 0.0647. The molecular weight excluding hydrogens is 422 g/mol. The van der Waals surface area contributed by atoms with Crippen LogP contribution in [0.3, 0.4) is 0 Å². The third kappa shape index (κ3) is 4.29. The van der Waals surface area contributed by atoms with Gasteiger partial charge in [0.2, 0.25) is 0 Å². The first-order valence-corrected chi connectivity index (χ1v) is 11.1. The first-order chi connectivity index (χ1) is 15.8. The lowest BCUT2D eigenvalue weighted by Gasteiger charge is -2.22. The van der Waals surface area contributed by atoms with Crippen molar-refractivity contribution in [2.24, 2.45) is 0 Å². The molecule has 5 aromatic rings. The van der Waals surface area contributed by atoms with Crippen molar-refractivity contribution in [3.8, 4) is 11.4 Å². The number of anilines is 3. The number of aliphatic hydroxyl groups excluding tert-OH is 1. The molecule has 0 aliphatic carbocycles. The highest BCUT2D eigenvalue weighted by atomic mass is 32.1. The summed E-state index contributed by atoms with van der Waals surface area (Å²) in [6, 6.07) is 18.0. The second-order valence-electron chi connectivity index (χ2n) is 7.23. The minimum atomic E-state index is -0.0772. The molecule has 0 unspecified atom stereocenters. The molecule has 32 heavy (non-hydrogen) atoms. The van der Waals surface area contributed by atoms with E-state index in [2.05, 4.69) is 41.8 Å². The number of nitrogens with zero attached hydrogens (tertiary/aromatic N) is 4. The van der Waals surface area contributed by atoms with Crippen molar-refractivity contribution in [1.29, 1.82) is 0 Å². The number of fused-ring (bicyclic) bond motifs is 1. The van der Waals surface area contributed by atoms with Gasteiger partial charge in [0.05, 0.1) is 33.0 Å². The molecule has 0 aliphatic heterocycles. The van der Waals surface area contributed by atoms with Gasteiger partial charge >= 0.3 is 0 Å². The molecule has 3 aromatic heterocycles. The molecule has 5 rings (SSSR count). The fourth-order valence-corrected chi connectivity index (χ4v) is 4.29. The maximum atomic E-state index is 9.65. The normalized spacial score (nSPS) is 12.0. The second-order valence-corrected chi connectivity index (χ2v) is 8.12. The van der Waals surface area contributed by atoms with Crippen molar-refractivity contribution >= 4 is 38.7 Å². The van der Waals surface area contributed by atoms with E-state index in [1.165, 1.54) is 6.33 Å². The van der Waals surface area contributed by atoms with Gasteiger partial charge in [0, 0.05) is 24.6 Å². The number of nitrogens with one attached hydrogen (secondary N) is 3. The van der Waals surface area contributed by atoms with E-state index in [9.17, 15) is 5.11 Å². The minimum Gasteiger partial charge on any atom is -0.396 e. The lowest BCUT2D eigenvalue weighted by molar-refractivity contribution is 0.280. The maximum absolute atomic E-state index is 9.65. The maximum Gasteiger partial charge on any atom is 0.159 e. The molecule has 0 bridgehead atoms. The molecule has 8 nitrogen and oxygen atoms in total. The van der Waals surface area contributed by atoms with Crippen LogP contribution in [0.25, 0.3) is 21.6 Å². The molecule has 2 aromatic carbocycles. The van der Waals surface area contributed by atoms with Crippen molar-refractivity contribution in [2.75, 3.05) is 17.2 Å². The van der Waals surface area contributed by atoms with Gasteiger partial charge in [0.15, 0.2) is 5.82 Å². The summed E-state index contributed by atoms with van der Waals surface area (Å²) in [5, 5.41) is 23.5. The Morgan fingerprint density at radius 2 is 1.94 bits per heavy atom. The average molecular weight is 444 g/mol. The topological polar surface area (TPSA) is 112 Å². The number of pyridine rings is 1. The molecule has 4 N–H and O–H groups in total. The number of hydrogen-bond acceptors (Lipinski definition) is 8. The molecule has 0 saturated heterocycles. The average Bonchev–Trinajstić information content (AvgIpc) is 3.52. The molecule has 0 fully saturated rings. The van der Waals surface area contributed by atoms with E-state index in [0.29, 0.717) is 18.1 Å². The van der Waals surface area contributed by atoms with E-state index >= 15 is 0 Å². The van der Waals surface area contributed by atoms with Crippen LogP contribution in [0.4, 0.5) is 17.2 Å². The Bertz CT molecular complexity index is 1300. The Hall–Kier alpha value is -3.82.